The average molecular weight is 753 g/mol. The van der Waals surface area contributed by atoms with Gasteiger partial charge in [0.1, 0.15) is 0 Å². The van der Waals surface area contributed by atoms with Crippen LogP contribution in [-0.4, -0.2) is 9.97 Å². The molecule has 0 saturated heterocycles. The van der Waals surface area contributed by atoms with Gasteiger partial charge in [0.15, 0.2) is 5.82 Å². The van der Waals surface area contributed by atoms with Crippen molar-refractivity contribution in [3.63, 3.8) is 0 Å². The number of hydrogen-bond acceptors (Lipinski definition) is 2. The Hall–Kier alpha value is -7.42. The molecule has 0 amide bonds. The molecule has 9 aromatic carbocycles. The van der Waals surface area contributed by atoms with Crippen LogP contribution in [0.25, 0.3) is 100.0 Å². The van der Waals surface area contributed by atoms with E-state index < -0.39 is 0 Å². The highest BCUT2D eigenvalue weighted by Gasteiger charge is 2.38. The van der Waals surface area contributed by atoms with Crippen LogP contribution in [0.2, 0.25) is 0 Å². The Balaban J connectivity index is 1.01. The number of fused-ring (bicyclic) bond motifs is 5. The van der Waals surface area contributed by atoms with Crippen LogP contribution in [0.4, 0.5) is 0 Å². The summed E-state index contributed by atoms with van der Waals surface area (Å²) in [6.45, 7) is 4.77. The lowest BCUT2D eigenvalue weighted by Crippen LogP contribution is -2.16. The summed E-state index contributed by atoms with van der Waals surface area (Å²) >= 11 is 0. The maximum atomic E-state index is 5.27. The van der Waals surface area contributed by atoms with Gasteiger partial charge in [-0.2, -0.15) is 0 Å². The van der Waals surface area contributed by atoms with E-state index in [4.69, 9.17) is 9.97 Å². The van der Waals surface area contributed by atoms with E-state index in [1.807, 2.05) is 18.2 Å². The summed E-state index contributed by atoms with van der Waals surface area (Å²) in [6.07, 6.45) is 0. The lowest BCUT2D eigenvalue weighted by Gasteiger charge is -2.25. The topological polar surface area (TPSA) is 25.8 Å². The quantitative estimate of drug-likeness (QED) is 0.169. The molecule has 0 spiro atoms. The molecule has 0 unspecified atom stereocenters. The van der Waals surface area contributed by atoms with Crippen molar-refractivity contribution in [3.05, 3.63) is 217 Å². The number of hydrogen-bond donors (Lipinski definition) is 0. The zero-order valence-corrected chi connectivity index (χ0v) is 33.0. The van der Waals surface area contributed by atoms with Crippen LogP contribution in [-0.2, 0) is 5.41 Å². The van der Waals surface area contributed by atoms with E-state index in [1.54, 1.807) is 0 Å². The fraction of sp³-hybridized carbons (Fsp3) is 0.0526. The Morgan fingerprint density at radius 2 is 0.797 bits per heavy atom. The second-order valence-electron chi connectivity index (χ2n) is 16.2. The largest absolute Gasteiger partial charge is 0.228 e. The third-order valence-electron chi connectivity index (χ3n) is 12.3. The van der Waals surface area contributed by atoms with Crippen LogP contribution in [0.5, 0.6) is 0 Å². The summed E-state index contributed by atoms with van der Waals surface area (Å²) < 4.78 is 0. The normalized spacial score (nSPS) is 12.7. The standard InChI is InChI=1S/C57H40N2/c1-57(2)52-35-44-19-10-9-18-43(44)34-51(52)50-23-13-22-49(55(50)57)47-32-33-48(46-21-12-11-20-45(46)47)54-36-53(58-56(59-54)42-16-7-4-8-17-42)41-30-28-40(29-31-41)39-26-24-38(25-27-39)37-14-5-3-6-15-37/h3-36H,1-2H3. The van der Waals surface area contributed by atoms with Gasteiger partial charge in [0.2, 0.25) is 0 Å². The number of benzene rings is 9. The Labute approximate surface area is 345 Å². The van der Waals surface area contributed by atoms with Crippen molar-refractivity contribution in [1.29, 1.82) is 0 Å². The Bertz CT molecular complexity index is 3200. The second-order valence-corrected chi connectivity index (χ2v) is 16.2. The van der Waals surface area contributed by atoms with Crippen LogP contribution >= 0.6 is 0 Å². The summed E-state index contributed by atoms with van der Waals surface area (Å²) in [5, 5.41) is 4.94. The third-order valence-corrected chi connectivity index (χ3v) is 12.3. The molecule has 0 atom stereocenters. The molecule has 2 nitrogen and oxygen atoms in total. The van der Waals surface area contributed by atoms with E-state index in [0.717, 1.165) is 28.1 Å². The molecule has 11 rings (SSSR count). The fourth-order valence-corrected chi connectivity index (χ4v) is 9.32. The van der Waals surface area contributed by atoms with Gasteiger partial charge in [-0.15, -0.1) is 0 Å². The Morgan fingerprint density at radius 3 is 1.44 bits per heavy atom. The number of nitrogens with zero attached hydrogens (tertiary/aromatic N) is 2. The molecule has 278 valence electrons. The van der Waals surface area contributed by atoms with Gasteiger partial charge in [-0.1, -0.05) is 202 Å². The molecule has 0 aliphatic heterocycles. The molecule has 0 bridgehead atoms. The van der Waals surface area contributed by atoms with Crippen molar-refractivity contribution in [3.8, 4) is 78.4 Å². The molecule has 0 N–H and O–H groups in total. The van der Waals surface area contributed by atoms with Gasteiger partial charge in [-0.25, -0.2) is 9.97 Å². The Kier molecular flexibility index (Phi) is 8.20. The summed E-state index contributed by atoms with van der Waals surface area (Å²) in [5.74, 6) is 0.708. The number of aromatic nitrogens is 2. The summed E-state index contributed by atoms with van der Waals surface area (Å²) in [4.78, 5) is 10.5. The SMILES string of the molecule is CC1(C)c2cc3ccccc3cc2-c2cccc(-c3ccc(-c4cc(-c5ccc(-c6ccc(-c7ccccc7)cc6)cc5)nc(-c5ccccc5)n4)c4ccccc34)c21. The molecule has 1 aliphatic rings. The van der Waals surface area contributed by atoms with Gasteiger partial charge in [0.25, 0.3) is 0 Å². The zero-order valence-electron chi connectivity index (χ0n) is 33.0. The predicted octanol–water partition coefficient (Wildman–Crippen LogP) is 15.1. The minimum Gasteiger partial charge on any atom is -0.228 e. The van der Waals surface area contributed by atoms with Crippen molar-refractivity contribution in [1.82, 2.24) is 9.97 Å². The van der Waals surface area contributed by atoms with Crippen molar-refractivity contribution >= 4 is 21.5 Å². The molecule has 0 radical (unpaired) electrons. The van der Waals surface area contributed by atoms with Gasteiger partial charge in [-0.3, -0.25) is 0 Å². The van der Waals surface area contributed by atoms with Crippen molar-refractivity contribution < 1.29 is 0 Å². The minimum atomic E-state index is -0.168. The summed E-state index contributed by atoms with van der Waals surface area (Å²) in [5.41, 5.74) is 17.5. The van der Waals surface area contributed by atoms with E-state index in [1.165, 1.54) is 77.2 Å². The summed E-state index contributed by atoms with van der Waals surface area (Å²) in [6, 6.07) is 74.3. The molecule has 0 fully saturated rings. The van der Waals surface area contributed by atoms with Crippen LogP contribution in [0.1, 0.15) is 25.0 Å². The van der Waals surface area contributed by atoms with E-state index in [-0.39, 0.29) is 5.41 Å². The van der Waals surface area contributed by atoms with Crippen LogP contribution < -0.4 is 0 Å². The monoisotopic (exact) mass is 752 g/mol. The molecule has 10 aromatic rings. The van der Waals surface area contributed by atoms with Gasteiger partial charge >= 0.3 is 0 Å². The lowest BCUT2D eigenvalue weighted by molar-refractivity contribution is 0.663. The maximum Gasteiger partial charge on any atom is 0.160 e. The Morgan fingerprint density at radius 1 is 0.322 bits per heavy atom. The first-order valence-electron chi connectivity index (χ1n) is 20.4. The molecule has 1 aliphatic carbocycles. The molecule has 59 heavy (non-hydrogen) atoms. The predicted molar refractivity (Wildman–Crippen MR) is 247 cm³/mol. The van der Waals surface area contributed by atoms with Gasteiger partial charge in [-0.05, 0) is 95.4 Å². The van der Waals surface area contributed by atoms with E-state index in [2.05, 4.69) is 202 Å². The highest BCUT2D eigenvalue weighted by atomic mass is 14.9. The third kappa shape index (κ3) is 5.96. The molecular formula is C57H40N2. The first kappa shape index (κ1) is 34.8. The zero-order chi connectivity index (χ0) is 39.5. The maximum absolute atomic E-state index is 5.27. The van der Waals surface area contributed by atoms with E-state index >= 15 is 0 Å². The highest BCUT2D eigenvalue weighted by molar-refractivity contribution is 6.07. The first-order chi connectivity index (χ1) is 29.0. The molecule has 1 aromatic heterocycles. The smallest absolute Gasteiger partial charge is 0.160 e. The van der Waals surface area contributed by atoms with Crippen LogP contribution in [0.15, 0.2) is 206 Å². The second kappa shape index (κ2) is 13.9. The first-order valence-corrected chi connectivity index (χ1v) is 20.4. The highest BCUT2D eigenvalue weighted by Crippen LogP contribution is 2.54. The average Bonchev–Trinajstić information content (AvgIpc) is 3.53. The fourth-order valence-electron chi connectivity index (χ4n) is 9.32. The molecule has 2 heteroatoms. The number of rotatable bonds is 6. The molecule has 0 saturated carbocycles. The van der Waals surface area contributed by atoms with Crippen molar-refractivity contribution in [2.24, 2.45) is 0 Å². The van der Waals surface area contributed by atoms with E-state index in [9.17, 15) is 0 Å². The molecule has 1 heterocycles. The van der Waals surface area contributed by atoms with Crippen molar-refractivity contribution in [2.75, 3.05) is 0 Å². The summed E-state index contributed by atoms with van der Waals surface area (Å²) in [7, 11) is 0. The minimum absolute atomic E-state index is 0.168. The lowest BCUT2D eigenvalue weighted by atomic mass is 9.78. The van der Waals surface area contributed by atoms with Gasteiger partial charge in [0.05, 0.1) is 11.4 Å². The van der Waals surface area contributed by atoms with Crippen molar-refractivity contribution in [2.45, 2.75) is 19.3 Å². The molecular weight excluding hydrogens is 713 g/mol. The van der Waals surface area contributed by atoms with Crippen LogP contribution in [0, 0.1) is 0 Å². The van der Waals surface area contributed by atoms with E-state index in [0.29, 0.717) is 5.82 Å². The van der Waals surface area contributed by atoms with Gasteiger partial charge in [0, 0.05) is 22.1 Å². The van der Waals surface area contributed by atoms with Gasteiger partial charge < -0.3 is 0 Å². The van der Waals surface area contributed by atoms with Crippen LogP contribution in [0.3, 0.4) is 0 Å².